The standard InChI is InChI=1S/C50H29N5/c51-30-32-27-35(33-23-25-36(26-24-33)54-43-17-5-3-14-40(43)41-16-9-11-34(31-52)50(41)54)29-37(28-32)53-46-20-8-4-15-42(46)49-47(53)21-10-22-48(49)55-44-18-6-1-12-38(44)39-13-2-7-19-45(39)55/h1-29H. The Balaban J connectivity index is 1.10. The molecule has 3 aromatic heterocycles. The normalized spacial score (nSPS) is 11.6. The molecule has 55 heavy (non-hydrogen) atoms. The molecule has 0 atom stereocenters. The molecule has 0 spiro atoms. The summed E-state index contributed by atoms with van der Waals surface area (Å²) in [5, 5.41) is 27.3. The van der Waals surface area contributed by atoms with Gasteiger partial charge in [-0.05, 0) is 83.9 Å². The molecule has 0 saturated carbocycles. The predicted molar refractivity (Wildman–Crippen MR) is 224 cm³/mol. The lowest BCUT2D eigenvalue weighted by atomic mass is 10.0. The number of aromatic nitrogens is 3. The fourth-order valence-electron chi connectivity index (χ4n) is 8.80. The van der Waals surface area contributed by atoms with E-state index in [1.807, 2.05) is 36.4 Å². The average Bonchev–Trinajstić information content (AvgIpc) is 3.90. The van der Waals surface area contributed by atoms with Crippen LogP contribution in [-0.2, 0) is 0 Å². The highest BCUT2D eigenvalue weighted by atomic mass is 15.0. The van der Waals surface area contributed by atoms with E-state index in [1.54, 1.807) is 0 Å². The van der Waals surface area contributed by atoms with Gasteiger partial charge in [0, 0.05) is 43.7 Å². The van der Waals surface area contributed by atoms with E-state index in [0.717, 1.165) is 82.8 Å². The maximum atomic E-state index is 10.4. The lowest BCUT2D eigenvalue weighted by Crippen LogP contribution is -1.98. The molecule has 0 saturated heterocycles. The van der Waals surface area contributed by atoms with Gasteiger partial charge in [0.15, 0.2) is 0 Å². The summed E-state index contributed by atoms with van der Waals surface area (Å²) in [7, 11) is 0. The molecule has 11 aromatic rings. The van der Waals surface area contributed by atoms with Gasteiger partial charge in [-0.2, -0.15) is 10.5 Å². The van der Waals surface area contributed by atoms with Crippen LogP contribution >= 0.6 is 0 Å². The third kappa shape index (κ3) is 4.45. The van der Waals surface area contributed by atoms with Crippen molar-refractivity contribution in [1.29, 1.82) is 10.5 Å². The van der Waals surface area contributed by atoms with Crippen molar-refractivity contribution in [3.05, 3.63) is 187 Å². The van der Waals surface area contributed by atoms with Gasteiger partial charge in [0.2, 0.25) is 0 Å². The second-order valence-corrected chi connectivity index (χ2v) is 14.0. The topological polar surface area (TPSA) is 62.4 Å². The monoisotopic (exact) mass is 699 g/mol. The first-order valence-electron chi connectivity index (χ1n) is 18.3. The third-order valence-corrected chi connectivity index (χ3v) is 11.1. The summed E-state index contributed by atoms with van der Waals surface area (Å²) in [5.74, 6) is 0. The molecule has 0 amide bonds. The Morgan fingerprint density at radius 3 is 1.56 bits per heavy atom. The van der Waals surface area contributed by atoms with Crippen LogP contribution in [0.4, 0.5) is 0 Å². The van der Waals surface area contributed by atoms with Crippen LogP contribution in [0.25, 0.3) is 93.6 Å². The van der Waals surface area contributed by atoms with E-state index >= 15 is 0 Å². The zero-order chi connectivity index (χ0) is 36.6. The first-order chi connectivity index (χ1) is 27.2. The van der Waals surface area contributed by atoms with Gasteiger partial charge < -0.3 is 13.7 Å². The number of nitriles is 2. The minimum atomic E-state index is 0.585. The van der Waals surface area contributed by atoms with E-state index < -0.39 is 0 Å². The van der Waals surface area contributed by atoms with E-state index in [4.69, 9.17) is 0 Å². The first kappa shape index (κ1) is 30.7. The molecule has 0 fully saturated rings. The molecule has 8 aromatic carbocycles. The van der Waals surface area contributed by atoms with Crippen LogP contribution in [0.5, 0.6) is 0 Å². The zero-order valence-corrected chi connectivity index (χ0v) is 29.5. The van der Waals surface area contributed by atoms with E-state index in [2.05, 4.69) is 165 Å². The minimum Gasteiger partial charge on any atom is -0.309 e. The molecule has 11 rings (SSSR count). The molecule has 0 aliphatic heterocycles. The van der Waals surface area contributed by atoms with Gasteiger partial charge in [-0.15, -0.1) is 0 Å². The van der Waals surface area contributed by atoms with E-state index in [1.165, 1.54) is 10.8 Å². The smallest absolute Gasteiger partial charge is 0.101 e. The van der Waals surface area contributed by atoms with Crippen LogP contribution in [-0.4, -0.2) is 13.7 Å². The van der Waals surface area contributed by atoms with Gasteiger partial charge in [-0.3, -0.25) is 0 Å². The molecule has 0 aliphatic carbocycles. The molecular formula is C50H29N5. The Kier molecular flexibility index (Phi) is 6.61. The van der Waals surface area contributed by atoms with E-state index in [9.17, 15) is 10.5 Å². The van der Waals surface area contributed by atoms with Gasteiger partial charge in [0.05, 0.1) is 56.0 Å². The maximum absolute atomic E-state index is 10.4. The quantitative estimate of drug-likeness (QED) is 0.184. The first-order valence-corrected chi connectivity index (χ1v) is 18.3. The van der Waals surface area contributed by atoms with E-state index in [0.29, 0.717) is 11.1 Å². The number of rotatable bonds is 4. The summed E-state index contributed by atoms with van der Waals surface area (Å²) in [6.07, 6.45) is 0. The van der Waals surface area contributed by atoms with Crippen LogP contribution in [0.15, 0.2) is 176 Å². The number of fused-ring (bicyclic) bond motifs is 9. The van der Waals surface area contributed by atoms with Crippen LogP contribution in [0.1, 0.15) is 11.1 Å². The lowest BCUT2D eigenvalue weighted by molar-refractivity contribution is 1.17. The summed E-state index contributed by atoms with van der Waals surface area (Å²) in [4.78, 5) is 0. The highest BCUT2D eigenvalue weighted by Crippen LogP contribution is 2.41. The summed E-state index contributed by atoms with van der Waals surface area (Å²) < 4.78 is 6.86. The van der Waals surface area contributed by atoms with Crippen molar-refractivity contribution >= 4 is 65.4 Å². The Morgan fingerprint density at radius 2 is 0.909 bits per heavy atom. The molecular weight excluding hydrogens is 671 g/mol. The third-order valence-electron chi connectivity index (χ3n) is 11.1. The van der Waals surface area contributed by atoms with Crippen molar-refractivity contribution in [2.24, 2.45) is 0 Å². The van der Waals surface area contributed by atoms with Crippen molar-refractivity contribution in [2.45, 2.75) is 0 Å². The lowest BCUT2D eigenvalue weighted by Gasteiger charge is -2.13. The Morgan fingerprint density at radius 1 is 0.364 bits per heavy atom. The van der Waals surface area contributed by atoms with Crippen LogP contribution in [0, 0.1) is 22.7 Å². The Labute approximate surface area is 316 Å². The number of nitrogens with zero attached hydrogens (tertiary/aromatic N) is 5. The van der Waals surface area contributed by atoms with E-state index in [-0.39, 0.29) is 0 Å². The molecule has 0 bridgehead atoms. The zero-order valence-electron chi connectivity index (χ0n) is 29.5. The van der Waals surface area contributed by atoms with Crippen molar-refractivity contribution in [1.82, 2.24) is 13.7 Å². The fourth-order valence-corrected chi connectivity index (χ4v) is 8.80. The average molecular weight is 700 g/mol. The molecule has 0 unspecified atom stereocenters. The van der Waals surface area contributed by atoms with Gasteiger partial charge in [-0.25, -0.2) is 0 Å². The summed E-state index contributed by atoms with van der Waals surface area (Å²) in [5.41, 5.74) is 12.6. The van der Waals surface area contributed by atoms with Crippen molar-refractivity contribution in [3.8, 4) is 40.3 Å². The Hall–Kier alpha value is -7.86. The molecule has 254 valence electrons. The van der Waals surface area contributed by atoms with Crippen LogP contribution in [0.3, 0.4) is 0 Å². The molecule has 0 N–H and O–H groups in total. The molecule has 5 nitrogen and oxygen atoms in total. The van der Waals surface area contributed by atoms with Crippen molar-refractivity contribution in [2.75, 3.05) is 0 Å². The number of benzene rings is 8. The largest absolute Gasteiger partial charge is 0.309 e. The SMILES string of the molecule is N#Cc1cc(-c2ccc(-n3c4ccccc4c4cccc(C#N)c43)cc2)cc(-n2c3ccccc3c3c(-n4c5ccccc5c5ccccc54)cccc32)c1. The Bertz CT molecular complexity index is 3400. The number of para-hydroxylation sites is 5. The highest BCUT2D eigenvalue weighted by Gasteiger charge is 2.20. The van der Waals surface area contributed by atoms with Gasteiger partial charge in [0.25, 0.3) is 0 Å². The van der Waals surface area contributed by atoms with Gasteiger partial charge in [-0.1, -0.05) is 103 Å². The molecule has 3 heterocycles. The second-order valence-electron chi connectivity index (χ2n) is 14.0. The summed E-state index contributed by atoms with van der Waals surface area (Å²) in [6, 6.07) is 65.9. The molecule has 0 aliphatic rings. The number of hydrogen-bond acceptors (Lipinski definition) is 2. The van der Waals surface area contributed by atoms with Crippen molar-refractivity contribution in [3.63, 3.8) is 0 Å². The minimum absolute atomic E-state index is 0.585. The molecule has 0 radical (unpaired) electrons. The van der Waals surface area contributed by atoms with Crippen LogP contribution in [0.2, 0.25) is 0 Å². The van der Waals surface area contributed by atoms with Gasteiger partial charge >= 0.3 is 0 Å². The number of hydrogen-bond donors (Lipinski definition) is 0. The van der Waals surface area contributed by atoms with Crippen molar-refractivity contribution < 1.29 is 0 Å². The maximum Gasteiger partial charge on any atom is 0.101 e. The molecule has 5 heteroatoms. The van der Waals surface area contributed by atoms with Crippen LogP contribution < -0.4 is 0 Å². The fraction of sp³-hybridized carbons (Fsp3) is 0. The highest BCUT2D eigenvalue weighted by molar-refractivity contribution is 6.16. The predicted octanol–water partition coefficient (Wildman–Crippen LogP) is 12.4. The summed E-state index contributed by atoms with van der Waals surface area (Å²) in [6.45, 7) is 0. The van der Waals surface area contributed by atoms with Gasteiger partial charge in [0.1, 0.15) is 6.07 Å². The second kappa shape index (κ2) is 11.8. The summed E-state index contributed by atoms with van der Waals surface area (Å²) >= 11 is 0.